The summed E-state index contributed by atoms with van der Waals surface area (Å²) in [4.78, 5) is 14.9. The van der Waals surface area contributed by atoms with Crippen LogP contribution in [0.5, 0.6) is 0 Å². The van der Waals surface area contributed by atoms with Crippen LogP contribution in [0.3, 0.4) is 0 Å². The lowest BCUT2D eigenvalue weighted by Gasteiger charge is -2.22. The molecule has 1 aromatic heterocycles. The number of likely N-dealkylation sites (tertiary alicyclic amines) is 1. The van der Waals surface area contributed by atoms with Crippen LogP contribution < -0.4 is 5.32 Å². The number of carbonyl (C=O) groups excluding carboxylic acids is 1. The van der Waals surface area contributed by atoms with Crippen LogP contribution in [0.2, 0.25) is 0 Å². The number of nitrogens with one attached hydrogen (secondary N) is 2. The number of H-pyrrole nitrogens is 1. The van der Waals surface area contributed by atoms with Crippen LogP contribution >= 0.6 is 0 Å². The normalized spacial score (nSPS) is 23.3. The molecule has 2 aliphatic heterocycles. The molecule has 0 spiro atoms. The highest BCUT2D eigenvalue weighted by Gasteiger charge is 2.36. The fourth-order valence-corrected chi connectivity index (χ4v) is 3.83. The zero-order valence-electron chi connectivity index (χ0n) is 13.7. The van der Waals surface area contributed by atoms with Crippen LogP contribution in [0, 0.1) is 5.82 Å². The first-order chi connectivity index (χ1) is 11.6. The van der Waals surface area contributed by atoms with Crippen molar-refractivity contribution in [2.75, 3.05) is 13.1 Å². The van der Waals surface area contributed by atoms with E-state index in [2.05, 4.69) is 22.4 Å². The number of carbonyl (C=O) groups is 1. The number of fused-ring (bicyclic) bond motifs is 1. The molecular formula is C18H21FN4O. The van der Waals surface area contributed by atoms with Crippen molar-refractivity contribution >= 4 is 5.91 Å². The number of nitrogens with zero attached hydrogens (tertiary/aromatic N) is 2. The Balaban J connectivity index is 1.55. The molecular weight excluding hydrogens is 307 g/mol. The fraction of sp³-hybridized carbons (Fsp3) is 0.444. The molecule has 2 N–H and O–H groups in total. The van der Waals surface area contributed by atoms with E-state index in [4.69, 9.17) is 0 Å². The molecule has 4 rings (SSSR count). The summed E-state index contributed by atoms with van der Waals surface area (Å²) in [7, 11) is 0. The Morgan fingerprint density at radius 2 is 2.12 bits per heavy atom. The number of benzene rings is 1. The van der Waals surface area contributed by atoms with Crippen LogP contribution in [-0.2, 0) is 13.0 Å². The number of aromatic nitrogens is 2. The number of rotatable bonds is 2. The van der Waals surface area contributed by atoms with Gasteiger partial charge in [0.15, 0.2) is 5.69 Å². The zero-order valence-corrected chi connectivity index (χ0v) is 13.7. The number of amides is 1. The molecule has 0 saturated carbocycles. The lowest BCUT2D eigenvalue weighted by atomic mass is 9.97. The Morgan fingerprint density at radius 3 is 2.92 bits per heavy atom. The molecule has 0 bridgehead atoms. The third-order valence-corrected chi connectivity index (χ3v) is 5.19. The first-order valence-electron chi connectivity index (χ1n) is 8.46. The third kappa shape index (κ3) is 2.60. The van der Waals surface area contributed by atoms with E-state index in [-0.39, 0.29) is 23.7 Å². The number of hydrogen-bond acceptors (Lipinski definition) is 3. The predicted molar refractivity (Wildman–Crippen MR) is 88.3 cm³/mol. The second-order valence-electron chi connectivity index (χ2n) is 6.75. The lowest BCUT2D eigenvalue weighted by Crippen LogP contribution is -2.35. The average Bonchev–Trinajstić information content (AvgIpc) is 3.19. The highest BCUT2D eigenvalue weighted by atomic mass is 19.1. The average molecular weight is 328 g/mol. The van der Waals surface area contributed by atoms with Crippen LogP contribution in [0.15, 0.2) is 24.3 Å². The standard InChI is InChI=1S/C18H21FN4O/c1-11-8-13(12-2-4-14(19)5-3-12)10-23(11)18(24)17-15-9-20-7-6-16(15)21-22-17/h2-5,11,13,20H,6-10H2,1H3,(H,21,22). The van der Waals surface area contributed by atoms with E-state index in [0.29, 0.717) is 18.8 Å². The van der Waals surface area contributed by atoms with E-state index < -0.39 is 0 Å². The molecule has 2 unspecified atom stereocenters. The van der Waals surface area contributed by atoms with Gasteiger partial charge in [-0.15, -0.1) is 0 Å². The van der Waals surface area contributed by atoms with Crippen molar-refractivity contribution in [2.45, 2.75) is 38.3 Å². The molecule has 126 valence electrons. The van der Waals surface area contributed by atoms with Gasteiger partial charge in [0.2, 0.25) is 0 Å². The van der Waals surface area contributed by atoms with Crippen molar-refractivity contribution in [3.8, 4) is 0 Å². The quantitative estimate of drug-likeness (QED) is 0.888. The monoisotopic (exact) mass is 328 g/mol. The maximum Gasteiger partial charge on any atom is 0.274 e. The maximum absolute atomic E-state index is 13.1. The molecule has 5 nitrogen and oxygen atoms in total. The Kier molecular flexibility index (Phi) is 3.84. The minimum Gasteiger partial charge on any atom is -0.334 e. The molecule has 24 heavy (non-hydrogen) atoms. The maximum atomic E-state index is 13.1. The minimum absolute atomic E-state index is 0.00619. The van der Waals surface area contributed by atoms with Gasteiger partial charge in [-0.25, -0.2) is 4.39 Å². The zero-order chi connectivity index (χ0) is 16.7. The summed E-state index contributed by atoms with van der Waals surface area (Å²) in [6.45, 7) is 4.32. The van der Waals surface area contributed by atoms with Gasteiger partial charge in [0.25, 0.3) is 5.91 Å². The van der Waals surface area contributed by atoms with Crippen molar-refractivity contribution in [2.24, 2.45) is 0 Å². The fourth-order valence-electron chi connectivity index (χ4n) is 3.83. The molecule has 6 heteroatoms. The Labute approximate surface area is 140 Å². The Bertz CT molecular complexity index is 755. The summed E-state index contributed by atoms with van der Waals surface area (Å²) in [5, 5.41) is 10.6. The van der Waals surface area contributed by atoms with Gasteiger partial charge >= 0.3 is 0 Å². The van der Waals surface area contributed by atoms with Crippen LogP contribution in [0.4, 0.5) is 4.39 Å². The van der Waals surface area contributed by atoms with Crippen molar-refractivity contribution in [3.05, 3.63) is 52.6 Å². The summed E-state index contributed by atoms with van der Waals surface area (Å²) < 4.78 is 13.1. The molecule has 2 aliphatic rings. The summed E-state index contributed by atoms with van der Waals surface area (Å²) in [5.41, 5.74) is 3.70. The Morgan fingerprint density at radius 1 is 1.33 bits per heavy atom. The van der Waals surface area contributed by atoms with Crippen molar-refractivity contribution in [1.29, 1.82) is 0 Å². The van der Waals surface area contributed by atoms with Gasteiger partial charge in [0, 0.05) is 49.3 Å². The van der Waals surface area contributed by atoms with Gasteiger partial charge in [-0.3, -0.25) is 9.89 Å². The molecule has 1 saturated heterocycles. The second-order valence-corrected chi connectivity index (χ2v) is 6.75. The largest absolute Gasteiger partial charge is 0.334 e. The number of halogens is 1. The van der Waals surface area contributed by atoms with E-state index in [1.165, 1.54) is 12.1 Å². The van der Waals surface area contributed by atoms with E-state index in [1.807, 2.05) is 17.0 Å². The van der Waals surface area contributed by atoms with Crippen LogP contribution in [0.1, 0.15) is 46.6 Å². The SMILES string of the molecule is CC1CC(c2ccc(F)cc2)CN1C(=O)c1n[nH]c2c1CNCC2. The van der Waals surface area contributed by atoms with Gasteiger partial charge < -0.3 is 10.2 Å². The Hall–Kier alpha value is -2.21. The highest BCUT2D eigenvalue weighted by molar-refractivity contribution is 5.94. The third-order valence-electron chi connectivity index (χ3n) is 5.19. The summed E-state index contributed by atoms with van der Waals surface area (Å²) >= 11 is 0. The van der Waals surface area contributed by atoms with E-state index in [0.717, 1.165) is 36.2 Å². The lowest BCUT2D eigenvalue weighted by molar-refractivity contribution is 0.0738. The topological polar surface area (TPSA) is 61.0 Å². The minimum atomic E-state index is -0.228. The summed E-state index contributed by atoms with van der Waals surface area (Å²) in [6, 6.07) is 6.76. The van der Waals surface area contributed by atoms with E-state index >= 15 is 0 Å². The van der Waals surface area contributed by atoms with E-state index in [1.54, 1.807) is 0 Å². The van der Waals surface area contributed by atoms with Crippen molar-refractivity contribution in [1.82, 2.24) is 20.4 Å². The molecule has 0 aliphatic carbocycles. The number of hydrogen-bond donors (Lipinski definition) is 2. The van der Waals surface area contributed by atoms with Crippen LogP contribution in [-0.4, -0.2) is 40.1 Å². The first-order valence-corrected chi connectivity index (χ1v) is 8.46. The second kappa shape index (κ2) is 6.02. The van der Waals surface area contributed by atoms with E-state index in [9.17, 15) is 9.18 Å². The molecule has 2 aromatic rings. The molecule has 1 aromatic carbocycles. The molecule has 3 heterocycles. The molecule has 1 fully saturated rings. The van der Waals surface area contributed by atoms with Gasteiger partial charge in [0.05, 0.1) is 0 Å². The van der Waals surface area contributed by atoms with Crippen molar-refractivity contribution < 1.29 is 9.18 Å². The van der Waals surface area contributed by atoms with Gasteiger partial charge in [-0.05, 0) is 31.0 Å². The van der Waals surface area contributed by atoms with Gasteiger partial charge in [-0.1, -0.05) is 12.1 Å². The van der Waals surface area contributed by atoms with Crippen LogP contribution in [0.25, 0.3) is 0 Å². The first kappa shape index (κ1) is 15.3. The van der Waals surface area contributed by atoms with Gasteiger partial charge in [0.1, 0.15) is 5.82 Å². The molecule has 1 amide bonds. The predicted octanol–water partition coefficient (Wildman–Crippen LogP) is 2.21. The summed E-state index contributed by atoms with van der Waals surface area (Å²) in [5.74, 6) is 0.0131. The summed E-state index contributed by atoms with van der Waals surface area (Å²) in [6.07, 6.45) is 1.77. The number of aromatic amines is 1. The smallest absolute Gasteiger partial charge is 0.274 e. The van der Waals surface area contributed by atoms with Crippen molar-refractivity contribution in [3.63, 3.8) is 0 Å². The van der Waals surface area contributed by atoms with Gasteiger partial charge in [-0.2, -0.15) is 5.10 Å². The molecule has 2 atom stereocenters. The molecule has 0 radical (unpaired) electrons. The highest BCUT2D eigenvalue weighted by Crippen LogP contribution is 2.33.